The standard InChI is InChI=1S/C14H16F3N3/c1-8(2)11-12(20(3)19-13(11)18)9-4-6-10(7-5-9)14(15,16)17/h4-8H,1-3H3,(H2,18,19). The van der Waals surface area contributed by atoms with Crippen LogP contribution in [-0.2, 0) is 13.2 Å². The zero-order valence-electron chi connectivity index (χ0n) is 11.5. The zero-order chi connectivity index (χ0) is 15.1. The van der Waals surface area contributed by atoms with E-state index in [0.29, 0.717) is 11.4 Å². The van der Waals surface area contributed by atoms with E-state index in [2.05, 4.69) is 5.10 Å². The van der Waals surface area contributed by atoms with Gasteiger partial charge in [0, 0.05) is 18.2 Å². The summed E-state index contributed by atoms with van der Waals surface area (Å²) in [6.45, 7) is 3.95. The van der Waals surface area contributed by atoms with Crippen molar-refractivity contribution >= 4 is 5.82 Å². The number of nitrogens with zero attached hydrogens (tertiary/aromatic N) is 2. The fraction of sp³-hybridized carbons (Fsp3) is 0.357. The predicted molar refractivity (Wildman–Crippen MR) is 72.1 cm³/mol. The van der Waals surface area contributed by atoms with Crippen molar-refractivity contribution in [3.63, 3.8) is 0 Å². The maximum Gasteiger partial charge on any atom is 0.416 e. The summed E-state index contributed by atoms with van der Waals surface area (Å²) in [5.74, 6) is 0.554. The molecule has 0 atom stereocenters. The molecule has 2 N–H and O–H groups in total. The Kier molecular flexibility index (Phi) is 3.50. The van der Waals surface area contributed by atoms with Crippen LogP contribution in [0.15, 0.2) is 24.3 Å². The molecule has 0 bridgehead atoms. The quantitative estimate of drug-likeness (QED) is 0.910. The molecule has 0 aliphatic rings. The van der Waals surface area contributed by atoms with Crippen LogP contribution in [0.5, 0.6) is 0 Å². The molecule has 3 nitrogen and oxygen atoms in total. The third-order valence-corrected chi connectivity index (χ3v) is 3.18. The molecule has 0 aliphatic carbocycles. The van der Waals surface area contributed by atoms with Crippen LogP contribution in [0, 0.1) is 0 Å². The lowest BCUT2D eigenvalue weighted by Gasteiger charge is -2.11. The first kappa shape index (κ1) is 14.4. The number of hydrogen-bond acceptors (Lipinski definition) is 2. The van der Waals surface area contributed by atoms with Gasteiger partial charge in [0.15, 0.2) is 0 Å². The van der Waals surface area contributed by atoms with Crippen LogP contribution in [0.3, 0.4) is 0 Å². The predicted octanol–water partition coefficient (Wildman–Crippen LogP) is 3.81. The zero-order valence-corrected chi connectivity index (χ0v) is 11.5. The average Bonchev–Trinajstić information content (AvgIpc) is 2.63. The number of aryl methyl sites for hydroxylation is 1. The second-order valence-electron chi connectivity index (χ2n) is 5.00. The lowest BCUT2D eigenvalue weighted by atomic mass is 9.98. The lowest BCUT2D eigenvalue weighted by Crippen LogP contribution is -2.04. The molecule has 2 aromatic rings. The minimum atomic E-state index is -4.33. The van der Waals surface area contributed by atoms with E-state index in [1.54, 1.807) is 11.7 Å². The van der Waals surface area contributed by atoms with Crippen LogP contribution >= 0.6 is 0 Å². The summed E-state index contributed by atoms with van der Waals surface area (Å²) in [5, 5.41) is 4.15. The van der Waals surface area contributed by atoms with Gasteiger partial charge in [-0.05, 0) is 18.1 Å². The molecule has 0 aliphatic heterocycles. The minimum absolute atomic E-state index is 0.140. The third kappa shape index (κ3) is 2.50. The number of hydrogen-bond donors (Lipinski definition) is 1. The van der Waals surface area contributed by atoms with E-state index in [9.17, 15) is 13.2 Å². The molecular weight excluding hydrogens is 267 g/mol. The maximum atomic E-state index is 12.6. The van der Waals surface area contributed by atoms with Crippen molar-refractivity contribution in [2.75, 3.05) is 5.73 Å². The lowest BCUT2D eigenvalue weighted by molar-refractivity contribution is -0.137. The van der Waals surface area contributed by atoms with Crippen LogP contribution < -0.4 is 5.73 Å². The Morgan fingerprint density at radius 1 is 1.15 bits per heavy atom. The highest BCUT2D eigenvalue weighted by Gasteiger charge is 2.30. The minimum Gasteiger partial charge on any atom is -0.382 e. The van der Waals surface area contributed by atoms with Gasteiger partial charge >= 0.3 is 6.18 Å². The van der Waals surface area contributed by atoms with Crippen molar-refractivity contribution in [2.45, 2.75) is 25.9 Å². The molecule has 0 amide bonds. The Balaban J connectivity index is 2.52. The third-order valence-electron chi connectivity index (χ3n) is 3.18. The Bertz CT molecular complexity index is 610. The molecule has 0 unspecified atom stereocenters. The Labute approximate surface area is 115 Å². The van der Waals surface area contributed by atoms with Crippen LogP contribution in [0.2, 0.25) is 0 Å². The van der Waals surface area contributed by atoms with Gasteiger partial charge in [0.2, 0.25) is 0 Å². The van der Waals surface area contributed by atoms with Crippen LogP contribution in [0.1, 0.15) is 30.9 Å². The molecule has 0 saturated carbocycles. The molecule has 20 heavy (non-hydrogen) atoms. The van der Waals surface area contributed by atoms with E-state index in [1.807, 2.05) is 13.8 Å². The first-order chi connectivity index (χ1) is 9.21. The molecular formula is C14H16F3N3. The van der Waals surface area contributed by atoms with Gasteiger partial charge in [-0.3, -0.25) is 4.68 Å². The fourth-order valence-electron chi connectivity index (χ4n) is 2.29. The molecule has 6 heteroatoms. The average molecular weight is 283 g/mol. The summed E-state index contributed by atoms with van der Waals surface area (Å²) in [5.41, 5.74) is 7.49. The molecule has 0 fully saturated rings. The normalized spacial score (nSPS) is 12.2. The highest BCUT2D eigenvalue weighted by molar-refractivity contribution is 5.69. The van der Waals surface area contributed by atoms with E-state index in [0.717, 1.165) is 23.4 Å². The van der Waals surface area contributed by atoms with Crippen molar-refractivity contribution in [3.05, 3.63) is 35.4 Å². The summed E-state index contributed by atoms with van der Waals surface area (Å²) < 4.78 is 39.3. The number of anilines is 1. The molecule has 0 saturated heterocycles. The van der Waals surface area contributed by atoms with Crippen molar-refractivity contribution in [3.8, 4) is 11.3 Å². The molecule has 1 heterocycles. The largest absolute Gasteiger partial charge is 0.416 e. The number of benzene rings is 1. The van der Waals surface area contributed by atoms with Gasteiger partial charge in [-0.15, -0.1) is 0 Å². The van der Waals surface area contributed by atoms with E-state index in [1.165, 1.54) is 12.1 Å². The molecule has 0 spiro atoms. The van der Waals surface area contributed by atoms with Crippen LogP contribution in [0.25, 0.3) is 11.3 Å². The summed E-state index contributed by atoms with van der Waals surface area (Å²) in [4.78, 5) is 0. The first-order valence-corrected chi connectivity index (χ1v) is 6.21. The second-order valence-corrected chi connectivity index (χ2v) is 5.00. The van der Waals surface area contributed by atoms with Crippen molar-refractivity contribution in [1.29, 1.82) is 0 Å². The topological polar surface area (TPSA) is 43.8 Å². The van der Waals surface area contributed by atoms with E-state index >= 15 is 0 Å². The molecule has 0 radical (unpaired) electrons. The van der Waals surface area contributed by atoms with E-state index < -0.39 is 11.7 Å². The summed E-state index contributed by atoms with van der Waals surface area (Å²) in [7, 11) is 1.73. The number of rotatable bonds is 2. The van der Waals surface area contributed by atoms with Gasteiger partial charge in [0.05, 0.1) is 11.3 Å². The van der Waals surface area contributed by atoms with Gasteiger partial charge in [-0.25, -0.2) is 0 Å². The number of nitrogen functional groups attached to an aromatic ring is 1. The number of halogens is 3. The van der Waals surface area contributed by atoms with Gasteiger partial charge in [-0.1, -0.05) is 26.0 Å². The molecule has 108 valence electrons. The van der Waals surface area contributed by atoms with Crippen molar-refractivity contribution < 1.29 is 13.2 Å². The Morgan fingerprint density at radius 2 is 1.70 bits per heavy atom. The van der Waals surface area contributed by atoms with Gasteiger partial charge in [-0.2, -0.15) is 18.3 Å². The number of alkyl halides is 3. The van der Waals surface area contributed by atoms with Gasteiger partial charge < -0.3 is 5.73 Å². The summed E-state index contributed by atoms with van der Waals surface area (Å²) in [6.07, 6.45) is -4.33. The molecule has 1 aromatic heterocycles. The van der Waals surface area contributed by atoms with Crippen LogP contribution in [-0.4, -0.2) is 9.78 Å². The number of aromatic nitrogens is 2. The van der Waals surface area contributed by atoms with Crippen molar-refractivity contribution in [1.82, 2.24) is 9.78 Å². The highest BCUT2D eigenvalue weighted by Crippen LogP contribution is 2.35. The molecule has 2 rings (SSSR count). The highest BCUT2D eigenvalue weighted by atomic mass is 19.4. The SMILES string of the molecule is CC(C)c1c(N)nn(C)c1-c1ccc(C(F)(F)F)cc1. The van der Waals surface area contributed by atoms with Crippen molar-refractivity contribution in [2.24, 2.45) is 7.05 Å². The van der Waals surface area contributed by atoms with E-state index in [-0.39, 0.29) is 5.92 Å². The maximum absolute atomic E-state index is 12.6. The monoisotopic (exact) mass is 283 g/mol. The smallest absolute Gasteiger partial charge is 0.382 e. The van der Waals surface area contributed by atoms with Crippen LogP contribution in [0.4, 0.5) is 19.0 Å². The number of nitrogens with two attached hydrogens (primary N) is 1. The first-order valence-electron chi connectivity index (χ1n) is 6.21. The van der Waals surface area contributed by atoms with Gasteiger partial charge in [0.25, 0.3) is 0 Å². The summed E-state index contributed by atoms with van der Waals surface area (Å²) >= 11 is 0. The Hall–Kier alpha value is -1.98. The van der Waals surface area contributed by atoms with Gasteiger partial charge in [0.1, 0.15) is 5.82 Å². The Morgan fingerprint density at radius 3 is 2.15 bits per heavy atom. The summed E-state index contributed by atoms with van der Waals surface area (Å²) in [6, 6.07) is 5.04. The fourth-order valence-corrected chi connectivity index (χ4v) is 2.29. The molecule has 1 aromatic carbocycles. The second kappa shape index (κ2) is 4.85. The van der Waals surface area contributed by atoms with E-state index in [4.69, 9.17) is 5.73 Å².